The molecule has 0 radical (unpaired) electrons. The van der Waals surface area contributed by atoms with Gasteiger partial charge in [0.15, 0.2) is 0 Å². The maximum atomic E-state index is 12.1. The van der Waals surface area contributed by atoms with Gasteiger partial charge in [-0.2, -0.15) is 0 Å². The van der Waals surface area contributed by atoms with Crippen LogP contribution in [-0.2, 0) is 11.3 Å². The average molecular weight is 262 g/mol. The Morgan fingerprint density at radius 3 is 3.00 bits per heavy atom. The molecular weight excluding hydrogens is 240 g/mol. The van der Waals surface area contributed by atoms with Crippen LogP contribution >= 0.6 is 0 Å². The number of nitrogens with zero attached hydrogens (tertiary/aromatic N) is 3. The van der Waals surface area contributed by atoms with E-state index in [1.54, 1.807) is 0 Å². The topological polar surface area (TPSA) is 50.2 Å². The molecule has 5 nitrogen and oxygen atoms in total. The van der Waals surface area contributed by atoms with Crippen LogP contribution in [0.4, 0.5) is 0 Å². The number of carbonyl (C=O) groups excluding carboxylic acids is 1. The van der Waals surface area contributed by atoms with Crippen LogP contribution in [0.15, 0.2) is 12.5 Å². The van der Waals surface area contributed by atoms with Gasteiger partial charge in [0.05, 0.1) is 6.33 Å². The van der Waals surface area contributed by atoms with Gasteiger partial charge in [0.25, 0.3) is 0 Å². The molecule has 104 valence electrons. The van der Waals surface area contributed by atoms with Gasteiger partial charge in [-0.15, -0.1) is 0 Å². The number of nitrogens with one attached hydrogen (secondary N) is 1. The second-order valence-corrected chi connectivity index (χ2v) is 5.54. The van der Waals surface area contributed by atoms with E-state index in [0.29, 0.717) is 18.2 Å². The molecule has 1 atom stereocenters. The third-order valence-electron chi connectivity index (χ3n) is 4.25. The number of aryl methyl sites for hydroxylation is 1. The van der Waals surface area contributed by atoms with Crippen molar-refractivity contribution >= 4 is 5.91 Å². The Bertz CT molecular complexity index is 430. The summed E-state index contributed by atoms with van der Waals surface area (Å²) in [4.78, 5) is 18.3. The Morgan fingerprint density at radius 1 is 1.42 bits per heavy atom. The number of carbonyl (C=O) groups is 1. The van der Waals surface area contributed by atoms with Crippen LogP contribution in [0.2, 0.25) is 0 Å². The van der Waals surface area contributed by atoms with Crippen LogP contribution in [0.3, 0.4) is 0 Å². The van der Waals surface area contributed by atoms with Crippen LogP contribution in [0.5, 0.6) is 0 Å². The summed E-state index contributed by atoms with van der Waals surface area (Å²) in [6, 6.07) is 0. The molecule has 1 unspecified atom stereocenters. The van der Waals surface area contributed by atoms with Gasteiger partial charge >= 0.3 is 0 Å². The standard InChI is InChI=1S/C14H22N4O/c19-14(17-6-1-2-7-17)4-8-18-11-16-10-13(18)12-3-5-15-9-12/h10-12,15H,1-9H2. The van der Waals surface area contributed by atoms with Crippen LogP contribution < -0.4 is 5.32 Å². The molecule has 3 heterocycles. The monoisotopic (exact) mass is 262 g/mol. The number of amides is 1. The minimum absolute atomic E-state index is 0.293. The van der Waals surface area contributed by atoms with Crippen molar-refractivity contribution < 1.29 is 4.79 Å². The predicted molar refractivity (Wildman–Crippen MR) is 72.9 cm³/mol. The first-order valence-corrected chi connectivity index (χ1v) is 7.33. The van der Waals surface area contributed by atoms with Gasteiger partial charge < -0.3 is 14.8 Å². The van der Waals surface area contributed by atoms with Gasteiger partial charge in [-0.05, 0) is 25.8 Å². The fraction of sp³-hybridized carbons (Fsp3) is 0.714. The van der Waals surface area contributed by atoms with E-state index >= 15 is 0 Å². The van der Waals surface area contributed by atoms with Gasteiger partial charge in [-0.25, -0.2) is 4.98 Å². The summed E-state index contributed by atoms with van der Waals surface area (Å²) in [5, 5.41) is 3.38. The van der Waals surface area contributed by atoms with Crippen molar-refractivity contribution in [2.24, 2.45) is 0 Å². The summed E-state index contributed by atoms with van der Waals surface area (Å²) in [5.41, 5.74) is 1.28. The molecule has 0 aromatic carbocycles. The molecule has 3 rings (SSSR count). The molecule has 1 aromatic heterocycles. The highest BCUT2D eigenvalue weighted by Crippen LogP contribution is 2.22. The van der Waals surface area contributed by atoms with E-state index in [-0.39, 0.29) is 0 Å². The second kappa shape index (κ2) is 5.74. The first kappa shape index (κ1) is 12.7. The number of aromatic nitrogens is 2. The Morgan fingerprint density at radius 2 is 2.26 bits per heavy atom. The highest BCUT2D eigenvalue weighted by Gasteiger charge is 2.21. The third-order valence-corrected chi connectivity index (χ3v) is 4.25. The zero-order valence-corrected chi connectivity index (χ0v) is 11.3. The van der Waals surface area contributed by atoms with Gasteiger partial charge in [-0.1, -0.05) is 0 Å². The molecule has 0 bridgehead atoms. The maximum Gasteiger partial charge on any atom is 0.224 e. The summed E-state index contributed by atoms with van der Waals surface area (Å²) in [6.45, 7) is 4.78. The molecule has 1 aromatic rings. The van der Waals surface area contributed by atoms with Crippen molar-refractivity contribution in [1.82, 2.24) is 19.8 Å². The van der Waals surface area contributed by atoms with Crippen molar-refractivity contribution in [3.8, 4) is 0 Å². The van der Waals surface area contributed by atoms with Gasteiger partial charge in [0, 0.05) is 50.4 Å². The van der Waals surface area contributed by atoms with E-state index < -0.39 is 0 Å². The van der Waals surface area contributed by atoms with Crippen molar-refractivity contribution in [1.29, 1.82) is 0 Å². The molecular formula is C14H22N4O. The predicted octanol–water partition coefficient (Wildman–Crippen LogP) is 0.972. The Hall–Kier alpha value is -1.36. The zero-order chi connectivity index (χ0) is 13.1. The fourth-order valence-electron chi connectivity index (χ4n) is 3.11. The number of hydrogen-bond donors (Lipinski definition) is 1. The van der Waals surface area contributed by atoms with E-state index in [1.807, 2.05) is 17.4 Å². The van der Waals surface area contributed by atoms with E-state index in [9.17, 15) is 4.79 Å². The second-order valence-electron chi connectivity index (χ2n) is 5.54. The first-order chi connectivity index (χ1) is 9.34. The lowest BCUT2D eigenvalue weighted by Gasteiger charge is -2.17. The molecule has 2 aliphatic heterocycles. The maximum absolute atomic E-state index is 12.1. The molecule has 19 heavy (non-hydrogen) atoms. The Balaban J connectivity index is 1.57. The van der Waals surface area contributed by atoms with Crippen LogP contribution in [0, 0.1) is 0 Å². The number of hydrogen-bond acceptors (Lipinski definition) is 3. The summed E-state index contributed by atoms with van der Waals surface area (Å²) in [5.74, 6) is 0.853. The molecule has 5 heteroatoms. The molecule has 2 fully saturated rings. The van der Waals surface area contributed by atoms with E-state index in [4.69, 9.17) is 0 Å². The van der Waals surface area contributed by atoms with Crippen molar-refractivity contribution in [3.05, 3.63) is 18.2 Å². The summed E-state index contributed by atoms with van der Waals surface area (Å²) < 4.78 is 2.16. The lowest BCUT2D eigenvalue weighted by molar-refractivity contribution is -0.130. The lowest BCUT2D eigenvalue weighted by atomic mass is 10.1. The van der Waals surface area contributed by atoms with Crippen LogP contribution in [-0.4, -0.2) is 46.5 Å². The quantitative estimate of drug-likeness (QED) is 0.880. The van der Waals surface area contributed by atoms with E-state index in [1.165, 1.54) is 12.1 Å². The number of imidazole rings is 1. The van der Waals surface area contributed by atoms with Crippen molar-refractivity contribution in [2.45, 2.75) is 38.1 Å². The third kappa shape index (κ3) is 2.81. The highest BCUT2D eigenvalue weighted by molar-refractivity contribution is 5.76. The minimum atomic E-state index is 0.293. The molecule has 0 aliphatic carbocycles. The molecule has 0 spiro atoms. The van der Waals surface area contributed by atoms with Crippen LogP contribution in [0.25, 0.3) is 0 Å². The number of likely N-dealkylation sites (tertiary alicyclic amines) is 1. The Kier molecular flexibility index (Phi) is 3.82. The Labute approximate surface area is 114 Å². The number of rotatable bonds is 4. The zero-order valence-electron chi connectivity index (χ0n) is 11.3. The van der Waals surface area contributed by atoms with Crippen LogP contribution in [0.1, 0.15) is 37.3 Å². The molecule has 1 N–H and O–H groups in total. The fourth-order valence-corrected chi connectivity index (χ4v) is 3.11. The molecule has 0 saturated carbocycles. The van der Waals surface area contributed by atoms with Gasteiger partial charge in [0.1, 0.15) is 0 Å². The summed E-state index contributed by atoms with van der Waals surface area (Å²) >= 11 is 0. The lowest BCUT2D eigenvalue weighted by Crippen LogP contribution is -2.28. The smallest absolute Gasteiger partial charge is 0.224 e. The van der Waals surface area contributed by atoms with Crippen molar-refractivity contribution in [3.63, 3.8) is 0 Å². The summed E-state index contributed by atoms with van der Waals surface area (Å²) in [6.07, 6.45) is 7.92. The molecule has 2 saturated heterocycles. The van der Waals surface area contributed by atoms with Gasteiger partial charge in [-0.3, -0.25) is 4.79 Å². The van der Waals surface area contributed by atoms with E-state index in [2.05, 4.69) is 14.9 Å². The van der Waals surface area contributed by atoms with Gasteiger partial charge in [0.2, 0.25) is 5.91 Å². The normalized spacial score (nSPS) is 23.2. The van der Waals surface area contributed by atoms with Crippen molar-refractivity contribution in [2.75, 3.05) is 26.2 Å². The molecule has 1 amide bonds. The SMILES string of the molecule is O=C(CCn1cncc1C1CCNC1)N1CCCC1. The first-order valence-electron chi connectivity index (χ1n) is 7.33. The largest absolute Gasteiger partial charge is 0.343 e. The summed E-state index contributed by atoms with van der Waals surface area (Å²) in [7, 11) is 0. The average Bonchev–Trinajstić information content (AvgIpc) is 3.14. The highest BCUT2D eigenvalue weighted by atomic mass is 16.2. The molecule has 2 aliphatic rings. The minimum Gasteiger partial charge on any atom is -0.343 e. The van der Waals surface area contributed by atoms with E-state index in [0.717, 1.165) is 45.6 Å².